The molecule has 15 heteroatoms. The van der Waals surface area contributed by atoms with Crippen molar-refractivity contribution in [3.63, 3.8) is 0 Å². The van der Waals surface area contributed by atoms with Crippen LogP contribution in [0.3, 0.4) is 0 Å². The van der Waals surface area contributed by atoms with E-state index < -0.39 is 99.3 Å². The van der Waals surface area contributed by atoms with E-state index in [0.29, 0.717) is 12.8 Å². The molecule has 15 nitrogen and oxygen atoms in total. The van der Waals surface area contributed by atoms with E-state index in [4.69, 9.17) is 28.4 Å². The number of allylic oxidation sites excluding steroid dienone is 12. The van der Waals surface area contributed by atoms with Gasteiger partial charge in [-0.1, -0.05) is 170 Å². The van der Waals surface area contributed by atoms with Gasteiger partial charge in [-0.3, -0.25) is 9.59 Å². The van der Waals surface area contributed by atoms with Crippen LogP contribution < -0.4 is 0 Å². The summed E-state index contributed by atoms with van der Waals surface area (Å²) in [5, 5.41) is 72.3. The van der Waals surface area contributed by atoms with Crippen LogP contribution in [0.25, 0.3) is 0 Å². The molecule has 11 atom stereocenters. The number of ether oxygens (including phenoxy) is 6. The van der Waals surface area contributed by atoms with E-state index in [9.17, 15) is 45.3 Å². The molecule has 0 saturated carbocycles. The Morgan fingerprint density at radius 3 is 1.36 bits per heavy atom. The summed E-state index contributed by atoms with van der Waals surface area (Å²) in [6.45, 7) is 2.44. The van der Waals surface area contributed by atoms with Gasteiger partial charge in [-0.2, -0.15) is 0 Å². The first kappa shape index (κ1) is 67.1. The highest BCUT2D eigenvalue weighted by Crippen LogP contribution is 2.26. The third kappa shape index (κ3) is 31.9. The van der Waals surface area contributed by atoms with E-state index >= 15 is 0 Å². The summed E-state index contributed by atoms with van der Waals surface area (Å²) in [6.07, 6.45) is 37.8. The molecule has 2 aliphatic rings. The van der Waals surface area contributed by atoms with Crippen molar-refractivity contribution in [3.8, 4) is 0 Å². The molecule has 2 heterocycles. The molecule has 2 fully saturated rings. The molecule has 0 bridgehead atoms. The first-order valence-electron chi connectivity index (χ1n) is 28.5. The van der Waals surface area contributed by atoms with Gasteiger partial charge >= 0.3 is 11.9 Å². The van der Waals surface area contributed by atoms with E-state index in [-0.39, 0.29) is 19.4 Å². The standard InChI is InChI=1S/C59H100O15/c1-3-5-7-9-11-13-15-17-19-21-23-25-27-29-31-33-35-37-39-41-50(61)69-44-47(72-51(62)42-40-38-36-34-32-30-28-26-24-22-20-18-16-14-12-10-8-6-4-2)45-70-58-57(68)55(66)53(64)49(74-58)46-71-59-56(67)54(65)52(63)48(43-60)73-59/h6,8,12,14,17-20,24,26,30,32,47-49,52-60,63-68H,3-5,7,9-11,13,15-16,21-23,25,27-29,31,33-46H2,1-2H3/b8-6+,14-12+,19-17+,20-18+,26-24+,32-30+/t47-,48+,49+,52-,53-,54?,55?,56?,57?,58+,59+/m0/s1. The molecule has 0 aromatic heterocycles. The Balaban J connectivity index is 1.78. The summed E-state index contributed by atoms with van der Waals surface area (Å²) in [5.74, 6) is -0.966. The minimum absolute atomic E-state index is 0.123. The van der Waals surface area contributed by atoms with Crippen molar-refractivity contribution in [3.05, 3.63) is 72.9 Å². The number of carbonyl (C=O) groups is 2. The van der Waals surface area contributed by atoms with Crippen molar-refractivity contribution in [1.82, 2.24) is 0 Å². The Morgan fingerprint density at radius 1 is 0.446 bits per heavy atom. The Morgan fingerprint density at radius 2 is 0.851 bits per heavy atom. The molecule has 2 saturated heterocycles. The number of carbonyl (C=O) groups excluding carboxylic acids is 2. The largest absolute Gasteiger partial charge is 0.462 e. The number of rotatable bonds is 44. The number of esters is 2. The van der Waals surface area contributed by atoms with Crippen molar-refractivity contribution in [2.75, 3.05) is 26.4 Å². The Bertz CT molecular complexity index is 1560. The van der Waals surface area contributed by atoms with Crippen LogP contribution in [0.1, 0.15) is 194 Å². The average molecular weight is 1050 g/mol. The van der Waals surface area contributed by atoms with Gasteiger partial charge in [0.1, 0.15) is 55.4 Å². The van der Waals surface area contributed by atoms with Gasteiger partial charge in [0.25, 0.3) is 0 Å². The molecule has 0 amide bonds. The highest BCUT2D eigenvalue weighted by Gasteiger charge is 2.47. The SMILES string of the molecule is CC/C=C/C/C=C/C/C=C/C/C=C/C/C=C/CCCCCC(=O)O[C@@H](COC(=O)CCCCCCCCCCC/C=C/CCCCCCCC)CO[C@@H]1O[C@H](CO[C@@H]2O[C@H](CO)[C@H](O)C(O)C2O)[C@H](O)C(O)C1O. The first-order valence-corrected chi connectivity index (χ1v) is 28.5. The molecule has 74 heavy (non-hydrogen) atoms. The molecule has 2 rings (SSSR count). The van der Waals surface area contributed by atoms with E-state index in [0.717, 1.165) is 70.6 Å². The Labute approximate surface area is 444 Å². The molecule has 4 unspecified atom stereocenters. The smallest absolute Gasteiger partial charge is 0.306 e. The Kier molecular flexibility index (Phi) is 40.8. The summed E-state index contributed by atoms with van der Waals surface area (Å²) in [7, 11) is 0. The van der Waals surface area contributed by atoms with Crippen LogP contribution in [-0.2, 0) is 38.0 Å². The van der Waals surface area contributed by atoms with Crippen LogP contribution in [0.5, 0.6) is 0 Å². The second-order valence-electron chi connectivity index (χ2n) is 19.7. The summed E-state index contributed by atoms with van der Waals surface area (Å²) < 4.78 is 33.6. The minimum atomic E-state index is -1.78. The second-order valence-corrected chi connectivity index (χ2v) is 19.7. The van der Waals surface area contributed by atoms with Gasteiger partial charge in [0.15, 0.2) is 18.7 Å². The van der Waals surface area contributed by atoms with Crippen molar-refractivity contribution in [2.24, 2.45) is 0 Å². The van der Waals surface area contributed by atoms with Gasteiger partial charge < -0.3 is 64.2 Å². The maximum Gasteiger partial charge on any atom is 0.306 e. The van der Waals surface area contributed by atoms with E-state index in [2.05, 4.69) is 86.8 Å². The van der Waals surface area contributed by atoms with Crippen molar-refractivity contribution in [2.45, 2.75) is 261 Å². The van der Waals surface area contributed by atoms with E-state index in [1.54, 1.807) is 0 Å². The van der Waals surface area contributed by atoms with Crippen molar-refractivity contribution in [1.29, 1.82) is 0 Å². The van der Waals surface area contributed by atoms with Crippen LogP contribution >= 0.6 is 0 Å². The lowest BCUT2D eigenvalue weighted by molar-refractivity contribution is -0.332. The highest BCUT2D eigenvalue weighted by atomic mass is 16.7. The molecular weight excluding hydrogens is 949 g/mol. The predicted octanol–water partition coefficient (Wildman–Crippen LogP) is 9.38. The number of unbranched alkanes of at least 4 members (excludes halogenated alkanes) is 18. The molecule has 0 radical (unpaired) electrons. The third-order valence-corrected chi connectivity index (χ3v) is 13.2. The van der Waals surface area contributed by atoms with Crippen LogP contribution in [0, 0.1) is 0 Å². The maximum absolute atomic E-state index is 13.0. The van der Waals surface area contributed by atoms with Gasteiger partial charge in [0, 0.05) is 12.8 Å². The van der Waals surface area contributed by atoms with Gasteiger partial charge in [-0.15, -0.1) is 0 Å². The van der Waals surface area contributed by atoms with Crippen molar-refractivity contribution >= 4 is 11.9 Å². The summed E-state index contributed by atoms with van der Waals surface area (Å²) in [5.41, 5.74) is 0. The zero-order valence-electron chi connectivity index (χ0n) is 45.3. The van der Waals surface area contributed by atoms with E-state index in [1.165, 1.54) is 83.5 Å². The quantitative estimate of drug-likeness (QED) is 0.0171. The normalized spacial score (nSPS) is 25.2. The maximum atomic E-state index is 13.0. The van der Waals surface area contributed by atoms with Crippen LogP contribution in [0.2, 0.25) is 0 Å². The number of hydrogen-bond donors (Lipinski definition) is 7. The van der Waals surface area contributed by atoms with Crippen LogP contribution in [0.15, 0.2) is 72.9 Å². The van der Waals surface area contributed by atoms with Gasteiger partial charge in [0.2, 0.25) is 0 Å². The number of hydrogen-bond acceptors (Lipinski definition) is 15. The first-order chi connectivity index (χ1) is 36.0. The lowest BCUT2D eigenvalue weighted by Crippen LogP contribution is -2.61. The van der Waals surface area contributed by atoms with Crippen LogP contribution in [-0.4, -0.2) is 142 Å². The number of aliphatic hydroxyl groups excluding tert-OH is 7. The molecule has 0 aromatic rings. The fourth-order valence-electron chi connectivity index (χ4n) is 8.53. The molecular formula is C59H100O15. The lowest BCUT2D eigenvalue weighted by atomic mass is 9.98. The fourth-order valence-corrected chi connectivity index (χ4v) is 8.53. The second kappa shape index (κ2) is 45.0. The zero-order chi connectivity index (χ0) is 53.9. The summed E-state index contributed by atoms with van der Waals surface area (Å²) in [4.78, 5) is 25.9. The number of aliphatic hydroxyl groups is 7. The van der Waals surface area contributed by atoms with E-state index in [1.807, 2.05) is 0 Å². The summed E-state index contributed by atoms with van der Waals surface area (Å²) in [6, 6.07) is 0. The van der Waals surface area contributed by atoms with Gasteiger partial charge in [0.05, 0.1) is 19.8 Å². The van der Waals surface area contributed by atoms with Gasteiger partial charge in [-0.25, -0.2) is 0 Å². The van der Waals surface area contributed by atoms with Crippen molar-refractivity contribution < 1.29 is 73.8 Å². The molecule has 0 aliphatic carbocycles. The zero-order valence-corrected chi connectivity index (χ0v) is 45.3. The minimum Gasteiger partial charge on any atom is -0.462 e. The third-order valence-electron chi connectivity index (χ3n) is 13.2. The predicted molar refractivity (Wildman–Crippen MR) is 289 cm³/mol. The monoisotopic (exact) mass is 1050 g/mol. The Hall–Kier alpha value is -3.06. The topological polar surface area (TPSA) is 231 Å². The van der Waals surface area contributed by atoms with Gasteiger partial charge in [-0.05, 0) is 83.5 Å². The fraction of sp³-hybridized carbons (Fsp3) is 0.763. The van der Waals surface area contributed by atoms with Crippen LogP contribution in [0.4, 0.5) is 0 Å². The molecule has 426 valence electrons. The lowest BCUT2D eigenvalue weighted by Gasteiger charge is -2.42. The average Bonchev–Trinajstić information content (AvgIpc) is 3.39. The molecule has 2 aliphatic heterocycles. The molecule has 0 aromatic carbocycles. The highest BCUT2D eigenvalue weighted by molar-refractivity contribution is 5.70. The summed E-state index contributed by atoms with van der Waals surface area (Å²) >= 11 is 0. The molecule has 0 spiro atoms. The molecule has 7 N–H and O–H groups in total.